The van der Waals surface area contributed by atoms with Crippen LogP contribution in [0.25, 0.3) is 0 Å². The van der Waals surface area contributed by atoms with Gasteiger partial charge >= 0.3 is 0 Å². The normalized spacial score (nSPS) is 18.6. The number of rotatable bonds is 6. The zero-order chi connectivity index (χ0) is 18.9. The first-order valence-electron chi connectivity index (χ1n) is 9.98. The molecule has 28 heavy (non-hydrogen) atoms. The molecule has 158 valence electrons. The Morgan fingerprint density at radius 1 is 1.11 bits per heavy atom. The van der Waals surface area contributed by atoms with E-state index in [1.165, 1.54) is 0 Å². The van der Waals surface area contributed by atoms with Gasteiger partial charge in [-0.2, -0.15) is 0 Å². The molecule has 0 amide bonds. The van der Waals surface area contributed by atoms with Gasteiger partial charge in [-0.1, -0.05) is 6.07 Å². The highest BCUT2D eigenvalue weighted by molar-refractivity contribution is 14.0. The van der Waals surface area contributed by atoms with Crippen LogP contribution >= 0.6 is 24.0 Å². The maximum atomic E-state index is 5.77. The fourth-order valence-corrected chi connectivity index (χ4v) is 3.21. The Kier molecular flexibility index (Phi) is 10.1. The fourth-order valence-electron chi connectivity index (χ4n) is 3.21. The van der Waals surface area contributed by atoms with Crippen molar-refractivity contribution in [2.24, 2.45) is 4.99 Å². The molecule has 1 aromatic rings. The first kappa shape index (κ1) is 23.0. The number of nitrogens with one attached hydrogen (secondary N) is 2. The van der Waals surface area contributed by atoms with Gasteiger partial charge in [0.1, 0.15) is 0 Å². The lowest BCUT2D eigenvalue weighted by Gasteiger charge is -2.32. The maximum Gasteiger partial charge on any atom is 0.191 e. The van der Waals surface area contributed by atoms with Crippen molar-refractivity contribution in [1.29, 1.82) is 0 Å². The molecule has 1 aromatic carbocycles. The van der Waals surface area contributed by atoms with Gasteiger partial charge in [0.25, 0.3) is 0 Å². The Morgan fingerprint density at radius 2 is 1.86 bits per heavy atom. The number of ether oxygens (including phenoxy) is 3. The van der Waals surface area contributed by atoms with Crippen LogP contribution in [0.15, 0.2) is 23.2 Å². The molecule has 0 bridgehead atoms. The highest BCUT2D eigenvalue weighted by Gasteiger charge is 2.17. The van der Waals surface area contributed by atoms with E-state index in [0.29, 0.717) is 25.8 Å². The minimum Gasteiger partial charge on any atom is -0.490 e. The summed E-state index contributed by atoms with van der Waals surface area (Å²) < 4.78 is 16.9. The largest absolute Gasteiger partial charge is 0.490 e. The predicted octanol–water partition coefficient (Wildman–Crippen LogP) is 2.24. The van der Waals surface area contributed by atoms with Crippen molar-refractivity contribution in [1.82, 2.24) is 15.5 Å². The van der Waals surface area contributed by atoms with Gasteiger partial charge in [-0.15, -0.1) is 24.0 Å². The van der Waals surface area contributed by atoms with E-state index in [1.54, 1.807) is 0 Å². The van der Waals surface area contributed by atoms with E-state index < -0.39 is 0 Å². The number of hydrogen-bond acceptors (Lipinski definition) is 5. The topological polar surface area (TPSA) is 67.4 Å². The second-order valence-corrected chi connectivity index (χ2v) is 6.90. The molecule has 0 saturated carbocycles. The Morgan fingerprint density at radius 3 is 2.61 bits per heavy atom. The average molecular weight is 504 g/mol. The van der Waals surface area contributed by atoms with Gasteiger partial charge in [-0.25, -0.2) is 4.99 Å². The van der Waals surface area contributed by atoms with Gasteiger partial charge in [-0.05, 0) is 31.5 Å². The van der Waals surface area contributed by atoms with Gasteiger partial charge in [0.15, 0.2) is 17.5 Å². The summed E-state index contributed by atoms with van der Waals surface area (Å²) in [7, 11) is 0. The smallest absolute Gasteiger partial charge is 0.191 e. The lowest BCUT2D eigenvalue weighted by molar-refractivity contribution is 0.0211. The molecule has 1 atom stereocenters. The van der Waals surface area contributed by atoms with Crippen LogP contribution in [-0.4, -0.2) is 69.5 Å². The predicted molar refractivity (Wildman–Crippen MR) is 122 cm³/mol. The van der Waals surface area contributed by atoms with Crippen LogP contribution in [0.4, 0.5) is 0 Å². The zero-order valence-corrected chi connectivity index (χ0v) is 19.2. The van der Waals surface area contributed by atoms with Crippen molar-refractivity contribution in [3.8, 4) is 11.5 Å². The zero-order valence-electron chi connectivity index (χ0n) is 16.9. The highest BCUT2D eigenvalue weighted by Crippen LogP contribution is 2.30. The molecular weight excluding hydrogens is 471 g/mol. The van der Waals surface area contributed by atoms with Crippen molar-refractivity contribution in [3.63, 3.8) is 0 Å². The third-order valence-electron chi connectivity index (χ3n) is 4.81. The lowest BCUT2D eigenvalue weighted by atomic mass is 10.2. The summed E-state index contributed by atoms with van der Waals surface area (Å²) in [6, 6.07) is 6.50. The van der Waals surface area contributed by atoms with Gasteiger partial charge in [0.2, 0.25) is 0 Å². The molecule has 0 radical (unpaired) electrons. The molecule has 2 heterocycles. The number of nitrogens with zero attached hydrogens (tertiary/aromatic N) is 2. The molecule has 8 heteroatoms. The average Bonchev–Trinajstić information content (AvgIpc) is 2.95. The number of morpholine rings is 1. The summed E-state index contributed by atoms with van der Waals surface area (Å²) in [5, 5.41) is 6.78. The maximum absolute atomic E-state index is 5.77. The van der Waals surface area contributed by atoms with Gasteiger partial charge in [-0.3, -0.25) is 4.90 Å². The van der Waals surface area contributed by atoms with Crippen molar-refractivity contribution < 1.29 is 14.2 Å². The molecular formula is C20H33IN4O3. The molecule has 1 fully saturated rings. The van der Waals surface area contributed by atoms with E-state index in [4.69, 9.17) is 19.2 Å². The third-order valence-corrected chi connectivity index (χ3v) is 4.81. The van der Waals surface area contributed by atoms with Gasteiger partial charge < -0.3 is 24.8 Å². The Bertz CT molecular complexity index is 623. The first-order valence-corrected chi connectivity index (χ1v) is 9.98. The molecule has 0 aliphatic carbocycles. The summed E-state index contributed by atoms with van der Waals surface area (Å²) in [5.41, 5.74) is 1.11. The Hall–Kier alpha value is -1.26. The van der Waals surface area contributed by atoms with Crippen LogP contribution < -0.4 is 20.1 Å². The van der Waals surface area contributed by atoms with E-state index in [1.807, 2.05) is 12.1 Å². The molecule has 0 spiro atoms. The molecule has 7 nitrogen and oxygen atoms in total. The summed E-state index contributed by atoms with van der Waals surface area (Å²) in [4.78, 5) is 7.18. The number of fused-ring (bicyclic) bond motifs is 1. The standard InChI is InChI=1S/C20H32N4O3.HI/c1-3-21-20(22-14-16(2)24-7-11-25-12-8-24)23-15-17-5-6-18-19(13-17)27-10-4-9-26-18;/h5-6,13,16H,3-4,7-12,14-15H2,1-2H3,(H2,21,22,23);1H. The molecule has 2 aliphatic rings. The van der Waals surface area contributed by atoms with E-state index in [2.05, 4.69) is 35.4 Å². The third kappa shape index (κ3) is 6.97. The molecule has 3 rings (SSSR count). The SMILES string of the molecule is CCNC(=NCc1ccc2c(c1)OCCCO2)NCC(C)N1CCOCC1.I. The summed E-state index contributed by atoms with van der Waals surface area (Å²) in [6.45, 7) is 11.6. The van der Waals surface area contributed by atoms with Crippen molar-refractivity contribution >= 4 is 29.9 Å². The number of benzene rings is 1. The van der Waals surface area contributed by atoms with Crippen LogP contribution in [-0.2, 0) is 11.3 Å². The van der Waals surface area contributed by atoms with Crippen LogP contribution in [0.5, 0.6) is 11.5 Å². The minimum absolute atomic E-state index is 0. The van der Waals surface area contributed by atoms with E-state index in [9.17, 15) is 0 Å². The first-order chi connectivity index (χ1) is 13.3. The number of halogens is 1. The molecule has 2 N–H and O–H groups in total. The number of hydrogen-bond donors (Lipinski definition) is 2. The molecule has 2 aliphatic heterocycles. The molecule has 0 aromatic heterocycles. The highest BCUT2D eigenvalue weighted by atomic mass is 127. The van der Waals surface area contributed by atoms with E-state index in [0.717, 1.165) is 68.8 Å². The summed E-state index contributed by atoms with van der Waals surface area (Å²) >= 11 is 0. The quantitative estimate of drug-likeness (QED) is 0.352. The number of aliphatic imine (C=N–C) groups is 1. The second kappa shape index (κ2) is 12.3. The second-order valence-electron chi connectivity index (χ2n) is 6.90. The van der Waals surface area contributed by atoms with Crippen LogP contribution in [0, 0.1) is 0 Å². The van der Waals surface area contributed by atoms with E-state index in [-0.39, 0.29) is 24.0 Å². The van der Waals surface area contributed by atoms with Crippen LogP contribution in [0.3, 0.4) is 0 Å². The van der Waals surface area contributed by atoms with Gasteiger partial charge in [0.05, 0.1) is 33.0 Å². The van der Waals surface area contributed by atoms with Crippen molar-refractivity contribution in [2.45, 2.75) is 32.9 Å². The van der Waals surface area contributed by atoms with Crippen LogP contribution in [0.1, 0.15) is 25.8 Å². The van der Waals surface area contributed by atoms with Gasteiger partial charge in [0, 0.05) is 38.6 Å². The van der Waals surface area contributed by atoms with E-state index >= 15 is 0 Å². The molecule has 1 saturated heterocycles. The van der Waals surface area contributed by atoms with Crippen LogP contribution in [0.2, 0.25) is 0 Å². The van der Waals surface area contributed by atoms with Crippen molar-refractivity contribution in [3.05, 3.63) is 23.8 Å². The molecule has 1 unspecified atom stereocenters. The summed E-state index contributed by atoms with van der Waals surface area (Å²) in [5.74, 6) is 2.48. The number of guanidine groups is 1. The lowest BCUT2D eigenvalue weighted by Crippen LogP contribution is -2.49. The fraction of sp³-hybridized carbons (Fsp3) is 0.650. The monoisotopic (exact) mass is 504 g/mol. The Balaban J connectivity index is 0.00000280. The summed E-state index contributed by atoms with van der Waals surface area (Å²) in [6.07, 6.45) is 0.915. The van der Waals surface area contributed by atoms with Crippen molar-refractivity contribution in [2.75, 3.05) is 52.6 Å². The Labute approximate surface area is 185 Å². The minimum atomic E-state index is 0.